The second-order valence-corrected chi connectivity index (χ2v) is 7.33. The lowest BCUT2D eigenvalue weighted by Crippen LogP contribution is -2.04. The Morgan fingerprint density at radius 3 is 2.38 bits per heavy atom. The van der Waals surface area contributed by atoms with Crippen molar-refractivity contribution < 1.29 is 17.6 Å². The summed E-state index contributed by atoms with van der Waals surface area (Å²) in [6.45, 7) is 1.99. The van der Waals surface area contributed by atoms with Crippen molar-refractivity contribution in [3.8, 4) is 17.3 Å². The Morgan fingerprint density at radius 2 is 1.72 bits per heavy atom. The number of alkyl halides is 3. The number of hydrogen-bond acceptors (Lipinski definition) is 4. The highest BCUT2D eigenvalue weighted by molar-refractivity contribution is 7.98. The van der Waals surface area contributed by atoms with Crippen LogP contribution in [0.5, 0.6) is 0 Å². The molecule has 0 aliphatic rings. The van der Waals surface area contributed by atoms with Gasteiger partial charge in [-0.1, -0.05) is 42.1 Å². The molecule has 0 aliphatic carbocycles. The highest BCUT2D eigenvalue weighted by Gasteiger charge is 2.30. The van der Waals surface area contributed by atoms with Crippen molar-refractivity contribution in [1.82, 2.24) is 14.8 Å². The van der Waals surface area contributed by atoms with Gasteiger partial charge >= 0.3 is 6.18 Å². The summed E-state index contributed by atoms with van der Waals surface area (Å²) in [5.41, 5.74) is 2.06. The molecule has 0 radical (unpaired) electrons. The van der Waals surface area contributed by atoms with Crippen LogP contribution >= 0.6 is 11.8 Å². The molecule has 8 heteroatoms. The Kier molecular flexibility index (Phi) is 5.19. The molecule has 0 saturated heterocycles. The normalized spacial score (nSPS) is 11.7. The van der Waals surface area contributed by atoms with Gasteiger partial charge in [0.05, 0.1) is 17.5 Å². The Morgan fingerprint density at radius 1 is 0.966 bits per heavy atom. The van der Waals surface area contributed by atoms with Crippen molar-refractivity contribution in [3.05, 3.63) is 83.6 Å². The van der Waals surface area contributed by atoms with Crippen LogP contribution in [0, 0.1) is 6.92 Å². The number of aromatic nitrogens is 3. The Labute approximate surface area is 169 Å². The van der Waals surface area contributed by atoms with Gasteiger partial charge in [0.25, 0.3) is 0 Å². The van der Waals surface area contributed by atoms with E-state index in [4.69, 9.17) is 4.42 Å². The zero-order chi connectivity index (χ0) is 20.4. The van der Waals surface area contributed by atoms with E-state index in [1.807, 2.05) is 41.8 Å². The third kappa shape index (κ3) is 4.07. The molecule has 0 unspecified atom stereocenters. The van der Waals surface area contributed by atoms with Gasteiger partial charge in [-0.25, -0.2) is 0 Å². The third-order valence-electron chi connectivity index (χ3n) is 4.38. The summed E-state index contributed by atoms with van der Waals surface area (Å²) in [6, 6.07) is 16.6. The molecule has 4 rings (SSSR count). The molecule has 0 saturated carbocycles. The Bertz CT molecular complexity index is 1100. The van der Waals surface area contributed by atoms with Crippen LogP contribution in [0.2, 0.25) is 0 Å². The van der Waals surface area contributed by atoms with Crippen LogP contribution in [0.3, 0.4) is 0 Å². The first kappa shape index (κ1) is 19.3. The summed E-state index contributed by atoms with van der Waals surface area (Å²) in [4.78, 5) is 0. The molecular weight excluding hydrogens is 399 g/mol. The number of aryl methyl sites for hydroxylation is 1. The maximum absolute atomic E-state index is 12.8. The number of para-hydroxylation sites is 1. The number of halogens is 3. The van der Waals surface area contributed by atoms with Crippen LogP contribution in [0.4, 0.5) is 13.2 Å². The van der Waals surface area contributed by atoms with Crippen molar-refractivity contribution in [2.75, 3.05) is 0 Å². The number of thioether (sulfide) groups is 1. The summed E-state index contributed by atoms with van der Waals surface area (Å²) >= 11 is 1.40. The molecule has 4 aromatic rings. The minimum Gasteiger partial charge on any atom is -0.461 e. The zero-order valence-corrected chi connectivity index (χ0v) is 16.2. The fourth-order valence-corrected chi connectivity index (χ4v) is 3.80. The van der Waals surface area contributed by atoms with Gasteiger partial charge in [-0.15, -0.1) is 10.2 Å². The lowest BCUT2D eigenvalue weighted by Gasteiger charge is -2.12. The summed E-state index contributed by atoms with van der Waals surface area (Å²) in [7, 11) is 0. The quantitative estimate of drug-likeness (QED) is 0.367. The maximum Gasteiger partial charge on any atom is 0.416 e. The van der Waals surface area contributed by atoms with Crippen LogP contribution < -0.4 is 0 Å². The summed E-state index contributed by atoms with van der Waals surface area (Å²) in [5, 5.41) is 9.21. The fourth-order valence-electron chi connectivity index (χ4n) is 2.90. The van der Waals surface area contributed by atoms with E-state index in [9.17, 15) is 13.2 Å². The molecule has 0 aliphatic heterocycles. The van der Waals surface area contributed by atoms with E-state index >= 15 is 0 Å². The zero-order valence-electron chi connectivity index (χ0n) is 15.3. The molecule has 2 heterocycles. The molecule has 2 aromatic heterocycles. The van der Waals surface area contributed by atoms with Gasteiger partial charge in [0.2, 0.25) is 5.82 Å². The van der Waals surface area contributed by atoms with E-state index in [-0.39, 0.29) is 0 Å². The van der Waals surface area contributed by atoms with Gasteiger partial charge in [-0.05, 0) is 48.4 Å². The summed E-state index contributed by atoms with van der Waals surface area (Å²) < 4.78 is 45.7. The van der Waals surface area contributed by atoms with Gasteiger partial charge < -0.3 is 4.42 Å². The van der Waals surface area contributed by atoms with E-state index in [2.05, 4.69) is 10.2 Å². The molecular formula is C21H16F3N3OS. The van der Waals surface area contributed by atoms with E-state index in [1.54, 1.807) is 12.3 Å². The minimum atomic E-state index is -4.34. The molecule has 0 N–H and O–H groups in total. The standard InChI is InChI=1S/C21H16F3N3OS/c1-14-5-2-3-6-17(14)27-19(18-7-4-12-28-18)25-26-20(27)29-13-15-8-10-16(11-9-15)21(22,23)24/h2-12H,13H2,1H3. The molecule has 29 heavy (non-hydrogen) atoms. The predicted octanol–water partition coefficient (Wildman–Crippen LogP) is 6.15. The highest BCUT2D eigenvalue weighted by atomic mass is 32.2. The number of hydrogen-bond donors (Lipinski definition) is 0. The number of benzene rings is 2. The first-order chi connectivity index (χ1) is 13.9. The fraction of sp³-hybridized carbons (Fsp3) is 0.143. The molecule has 0 spiro atoms. The van der Waals surface area contributed by atoms with Crippen LogP contribution in [0.15, 0.2) is 76.5 Å². The molecule has 0 amide bonds. The molecule has 4 nitrogen and oxygen atoms in total. The maximum atomic E-state index is 12.8. The van der Waals surface area contributed by atoms with Crippen molar-refractivity contribution in [2.24, 2.45) is 0 Å². The van der Waals surface area contributed by atoms with Crippen molar-refractivity contribution in [2.45, 2.75) is 24.0 Å². The van der Waals surface area contributed by atoms with Gasteiger partial charge in [0.1, 0.15) is 0 Å². The first-order valence-corrected chi connectivity index (χ1v) is 9.76. The lowest BCUT2D eigenvalue weighted by atomic mass is 10.1. The van der Waals surface area contributed by atoms with Gasteiger partial charge in [-0.2, -0.15) is 13.2 Å². The number of furan rings is 1. The Balaban J connectivity index is 1.65. The van der Waals surface area contributed by atoms with Crippen LogP contribution in [0.1, 0.15) is 16.7 Å². The van der Waals surface area contributed by atoms with Gasteiger partial charge in [-0.3, -0.25) is 4.57 Å². The molecule has 0 atom stereocenters. The third-order valence-corrected chi connectivity index (χ3v) is 5.38. The monoisotopic (exact) mass is 415 g/mol. The number of rotatable bonds is 5. The van der Waals surface area contributed by atoms with E-state index in [0.717, 1.165) is 28.9 Å². The number of nitrogens with zero attached hydrogens (tertiary/aromatic N) is 3. The topological polar surface area (TPSA) is 43.9 Å². The van der Waals surface area contributed by atoms with Crippen LogP contribution in [-0.4, -0.2) is 14.8 Å². The van der Waals surface area contributed by atoms with Crippen LogP contribution in [-0.2, 0) is 11.9 Å². The van der Waals surface area contributed by atoms with E-state index < -0.39 is 11.7 Å². The average molecular weight is 415 g/mol. The predicted molar refractivity (Wildman–Crippen MR) is 105 cm³/mol. The molecule has 2 aromatic carbocycles. The molecule has 148 valence electrons. The SMILES string of the molecule is Cc1ccccc1-n1c(SCc2ccc(C(F)(F)F)cc2)nnc1-c1ccco1. The van der Waals surface area contributed by atoms with E-state index in [1.165, 1.54) is 23.9 Å². The first-order valence-electron chi connectivity index (χ1n) is 8.78. The van der Waals surface area contributed by atoms with Crippen molar-refractivity contribution in [1.29, 1.82) is 0 Å². The average Bonchev–Trinajstić information content (AvgIpc) is 3.36. The van der Waals surface area contributed by atoms with Crippen LogP contribution in [0.25, 0.3) is 17.3 Å². The molecule has 0 fully saturated rings. The van der Waals surface area contributed by atoms with Crippen molar-refractivity contribution in [3.63, 3.8) is 0 Å². The van der Waals surface area contributed by atoms with Gasteiger partial charge in [0.15, 0.2) is 10.9 Å². The largest absolute Gasteiger partial charge is 0.461 e. The smallest absolute Gasteiger partial charge is 0.416 e. The second kappa shape index (κ2) is 7.79. The molecule has 0 bridgehead atoms. The lowest BCUT2D eigenvalue weighted by molar-refractivity contribution is -0.137. The highest BCUT2D eigenvalue weighted by Crippen LogP contribution is 2.32. The Hall–Kier alpha value is -3.00. The van der Waals surface area contributed by atoms with E-state index in [0.29, 0.717) is 22.5 Å². The van der Waals surface area contributed by atoms with Crippen molar-refractivity contribution >= 4 is 11.8 Å². The second-order valence-electron chi connectivity index (χ2n) is 6.39. The minimum absolute atomic E-state index is 0.459. The summed E-state index contributed by atoms with van der Waals surface area (Å²) in [6.07, 6.45) is -2.77. The summed E-state index contributed by atoms with van der Waals surface area (Å²) in [5.74, 6) is 1.61. The van der Waals surface area contributed by atoms with Gasteiger partial charge in [0, 0.05) is 5.75 Å².